The Hall–Kier alpha value is -0.846. The molecule has 18 heavy (non-hydrogen) atoms. The zero-order valence-electron chi connectivity index (χ0n) is 10.6. The Morgan fingerprint density at radius 3 is 2.22 bits per heavy atom. The van der Waals surface area contributed by atoms with Gasteiger partial charge in [0.1, 0.15) is 0 Å². The third kappa shape index (κ3) is 3.13. The van der Waals surface area contributed by atoms with Crippen molar-refractivity contribution in [2.75, 3.05) is 0 Å². The summed E-state index contributed by atoms with van der Waals surface area (Å²) < 4.78 is 0. The van der Waals surface area contributed by atoms with Gasteiger partial charge < -0.3 is 7.43 Å². The Morgan fingerprint density at radius 2 is 1.39 bits per heavy atom. The summed E-state index contributed by atoms with van der Waals surface area (Å²) in [7, 11) is 0. The van der Waals surface area contributed by atoms with Crippen LogP contribution in [0.15, 0.2) is 48.5 Å². The van der Waals surface area contributed by atoms with Gasteiger partial charge in [0.25, 0.3) is 0 Å². The molecule has 2 aromatic carbocycles. The Bertz CT molecular complexity index is 491. The summed E-state index contributed by atoms with van der Waals surface area (Å²) in [5.41, 5.74) is 5.35. The molecule has 0 bridgehead atoms. The van der Waals surface area contributed by atoms with Gasteiger partial charge >= 0.3 is 0 Å². The molecule has 1 radical (unpaired) electrons. The second-order valence-electron chi connectivity index (χ2n) is 4.07. The van der Waals surface area contributed by atoms with E-state index >= 15 is 0 Å². The molecule has 1 aliphatic carbocycles. The van der Waals surface area contributed by atoms with Crippen LogP contribution in [0, 0.1) is 13.8 Å². The Balaban J connectivity index is 0.000000810. The normalized spacial score (nSPS) is 13.3. The second kappa shape index (κ2) is 6.92. The molecular weight excluding hydrogens is 293 g/mol. The van der Waals surface area contributed by atoms with Crippen molar-refractivity contribution in [1.82, 2.24) is 0 Å². The Labute approximate surface area is 135 Å². The van der Waals surface area contributed by atoms with Gasteiger partial charge in [0, 0.05) is 32.7 Å². The largest absolute Gasteiger partial charge is 0.358 e. The van der Waals surface area contributed by atoms with Crippen LogP contribution < -0.4 is 0 Å². The average Bonchev–Trinajstić information content (AvgIpc) is 2.32. The van der Waals surface area contributed by atoms with Gasteiger partial charge in [-0.15, -0.1) is 23.8 Å². The molecule has 0 atom stereocenters. The quantitative estimate of drug-likeness (QED) is 0.632. The van der Waals surface area contributed by atoms with Crippen LogP contribution in [0.25, 0.3) is 12.2 Å². The minimum Gasteiger partial charge on any atom is -0.358 e. The Kier molecular flexibility index (Phi) is 5.85. The Morgan fingerprint density at radius 1 is 0.778 bits per heavy atom. The maximum Gasteiger partial charge on any atom is 0 e. The first-order valence-corrected chi connectivity index (χ1v) is 5.62. The van der Waals surface area contributed by atoms with Gasteiger partial charge in [-0.05, 0) is 11.1 Å². The molecule has 0 heterocycles. The van der Waals surface area contributed by atoms with Crippen LogP contribution >= 0.6 is 0 Å². The van der Waals surface area contributed by atoms with Crippen molar-refractivity contribution in [3.63, 3.8) is 0 Å². The molecule has 0 unspecified atom stereocenters. The van der Waals surface area contributed by atoms with Crippen molar-refractivity contribution in [1.29, 1.82) is 0 Å². The van der Waals surface area contributed by atoms with Crippen molar-refractivity contribution < 1.29 is 32.7 Å². The van der Waals surface area contributed by atoms with Gasteiger partial charge in [-0.25, -0.2) is 0 Å². The fourth-order valence-corrected chi connectivity index (χ4v) is 2.13. The maximum absolute atomic E-state index is 2.30. The molecule has 0 spiro atoms. The first kappa shape index (κ1) is 15.2. The predicted molar refractivity (Wildman–Crippen MR) is 75.3 cm³/mol. The van der Waals surface area contributed by atoms with Gasteiger partial charge in [0.05, 0.1) is 0 Å². The van der Waals surface area contributed by atoms with Gasteiger partial charge in [-0.1, -0.05) is 42.8 Å². The van der Waals surface area contributed by atoms with Crippen LogP contribution in [0.3, 0.4) is 0 Å². The summed E-state index contributed by atoms with van der Waals surface area (Å²) in [6, 6.07) is 17.1. The van der Waals surface area contributed by atoms with Gasteiger partial charge in [-0.2, -0.15) is 18.1 Å². The molecule has 89 valence electrons. The summed E-state index contributed by atoms with van der Waals surface area (Å²) >= 11 is 0. The molecule has 0 fully saturated rings. The maximum atomic E-state index is 2.30. The molecule has 3 rings (SSSR count). The van der Waals surface area contributed by atoms with E-state index in [1.807, 2.05) is 0 Å². The monoisotopic (exact) mass is 309 g/mol. The van der Waals surface area contributed by atoms with E-state index in [2.05, 4.69) is 67.1 Å². The first-order valence-electron chi connectivity index (χ1n) is 5.62. The molecule has 0 N–H and O–H groups in total. The SMILES string of the molecule is C1=C\c2ccccc2C[CH-]c2ccccc2/1.[CH3-].[Y]. The van der Waals surface area contributed by atoms with E-state index in [0.717, 1.165) is 6.42 Å². The summed E-state index contributed by atoms with van der Waals surface area (Å²) in [5.74, 6) is 0. The molecule has 0 nitrogen and oxygen atoms in total. The van der Waals surface area contributed by atoms with E-state index in [-0.39, 0.29) is 40.1 Å². The topological polar surface area (TPSA) is 0 Å². The molecule has 0 saturated carbocycles. The second-order valence-corrected chi connectivity index (χ2v) is 4.07. The molecule has 0 aromatic heterocycles. The van der Waals surface area contributed by atoms with E-state index in [9.17, 15) is 0 Å². The molecule has 0 amide bonds. The van der Waals surface area contributed by atoms with Crippen LogP contribution in [0.1, 0.15) is 22.3 Å². The predicted octanol–water partition coefficient (Wildman–Crippen LogP) is 4.41. The molecule has 0 aliphatic heterocycles. The smallest absolute Gasteiger partial charge is 0 e. The van der Waals surface area contributed by atoms with E-state index in [4.69, 9.17) is 0 Å². The minimum absolute atomic E-state index is 0. The number of benzene rings is 2. The zero-order chi connectivity index (χ0) is 10.8. The fraction of sp³-hybridized carbons (Fsp3) is 0.0588. The van der Waals surface area contributed by atoms with Crippen molar-refractivity contribution in [2.45, 2.75) is 6.42 Å². The van der Waals surface area contributed by atoms with Crippen molar-refractivity contribution >= 4 is 12.2 Å². The molecule has 2 aromatic rings. The molecule has 1 aliphatic rings. The van der Waals surface area contributed by atoms with E-state index < -0.39 is 0 Å². The summed E-state index contributed by atoms with van der Waals surface area (Å²) in [4.78, 5) is 0. The van der Waals surface area contributed by atoms with E-state index in [1.54, 1.807) is 0 Å². The van der Waals surface area contributed by atoms with Crippen LogP contribution in [0.2, 0.25) is 0 Å². The van der Waals surface area contributed by atoms with Gasteiger partial charge in [0.15, 0.2) is 0 Å². The van der Waals surface area contributed by atoms with E-state index in [0.29, 0.717) is 0 Å². The fourth-order valence-electron chi connectivity index (χ4n) is 2.13. The minimum atomic E-state index is 0. The van der Waals surface area contributed by atoms with E-state index in [1.165, 1.54) is 22.3 Å². The first-order chi connectivity index (χ1) is 7.93. The summed E-state index contributed by atoms with van der Waals surface area (Å²) in [5, 5.41) is 0. The van der Waals surface area contributed by atoms with Crippen LogP contribution in [0.5, 0.6) is 0 Å². The standard InChI is InChI=1S/C16H13.CH3.Y/c1-2-6-14-11-12-16-8-4-3-7-15(16)10-9-13(14)5-1;;/h1-11H,12H2;1H3;/q2*-1;/b10-9-;;. The average molecular weight is 309 g/mol. The molecule has 0 saturated heterocycles. The van der Waals surface area contributed by atoms with Crippen molar-refractivity contribution in [3.05, 3.63) is 84.6 Å². The summed E-state index contributed by atoms with van der Waals surface area (Å²) in [6.45, 7) is 0. The third-order valence-electron chi connectivity index (χ3n) is 3.04. The molecular formula is C17H16Y-2. The molecule has 1 heteroatoms. The van der Waals surface area contributed by atoms with Gasteiger partial charge in [0.2, 0.25) is 0 Å². The van der Waals surface area contributed by atoms with Crippen LogP contribution in [0.4, 0.5) is 0 Å². The van der Waals surface area contributed by atoms with Crippen LogP contribution in [-0.2, 0) is 39.1 Å². The third-order valence-corrected chi connectivity index (χ3v) is 3.04. The zero-order valence-corrected chi connectivity index (χ0v) is 13.5. The number of hydrogen-bond acceptors (Lipinski definition) is 0. The van der Waals surface area contributed by atoms with Gasteiger partial charge in [-0.3, -0.25) is 0 Å². The van der Waals surface area contributed by atoms with Crippen molar-refractivity contribution in [3.8, 4) is 0 Å². The number of hydrogen-bond donors (Lipinski definition) is 0. The van der Waals surface area contributed by atoms with Crippen molar-refractivity contribution in [2.24, 2.45) is 0 Å². The number of fused-ring (bicyclic) bond motifs is 2. The van der Waals surface area contributed by atoms with Crippen LogP contribution in [-0.4, -0.2) is 0 Å². The number of rotatable bonds is 0. The summed E-state index contributed by atoms with van der Waals surface area (Å²) in [6.07, 6.45) is 7.72.